The van der Waals surface area contributed by atoms with Crippen LogP contribution in [-0.4, -0.2) is 43.2 Å². The molecule has 1 unspecified atom stereocenters. The Labute approximate surface area is 147 Å². The van der Waals surface area contributed by atoms with Crippen LogP contribution in [0.4, 0.5) is 0 Å². The number of piperidine rings is 1. The number of nitrogens with zero attached hydrogens (tertiary/aromatic N) is 1. The van der Waals surface area contributed by atoms with Gasteiger partial charge < -0.3 is 15.4 Å². The van der Waals surface area contributed by atoms with Crippen LogP contribution in [0, 0.1) is 0 Å². The predicted octanol–water partition coefficient (Wildman–Crippen LogP) is 3.28. The first kappa shape index (κ1) is 19.7. The maximum absolute atomic E-state index is 12.5. The fraction of sp³-hybridized carbons (Fsp3) is 0.667. The normalized spacial score (nSPS) is 17.1. The van der Waals surface area contributed by atoms with Crippen LogP contribution in [0.5, 0.6) is 0 Å². The zero-order chi connectivity index (χ0) is 15.2. The summed E-state index contributed by atoms with van der Waals surface area (Å²) in [6, 6.07) is 3.79. The standard InChI is InChI=1S/C15H23ClN2O2S.ClH/c1-11(13-3-4-14(16)21-13)15(19)18-8-5-12(6-9-18)20-10-2-7-17;/h3-4,11-12H,2,5-10,17H2,1H3;1H. The number of carbonyl (C=O) groups is 1. The topological polar surface area (TPSA) is 55.6 Å². The van der Waals surface area contributed by atoms with E-state index >= 15 is 0 Å². The Kier molecular flexibility index (Phi) is 8.72. The highest BCUT2D eigenvalue weighted by molar-refractivity contribution is 7.16. The van der Waals surface area contributed by atoms with Gasteiger partial charge in [-0.05, 0) is 44.9 Å². The van der Waals surface area contributed by atoms with Gasteiger partial charge in [0.1, 0.15) is 0 Å². The summed E-state index contributed by atoms with van der Waals surface area (Å²) < 4.78 is 6.50. The average molecular weight is 367 g/mol. The third-order valence-corrected chi connectivity index (χ3v) is 5.26. The number of ether oxygens (including phenoxy) is 1. The van der Waals surface area contributed by atoms with E-state index in [1.54, 1.807) is 0 Å². The highest BCUT2D eigenvalue weighted by Crippen LogP contribution is 2.30. The molecule has 7 heteroatoms. The van der Waals surface area contributed by atoms with E-state index in [9.17, 15) is 4.79 Å². The van der Waals surface area contributed by atoms with Crippen molar-refractivity contribution in [2.75, 3.05) is 26.2 Å². The highest BCUT2D eigenvalue weighted by Gasteiger charge is 2.27. The first-order valence-electron chi connectivity index (χ1n) is 7.47. The van der Waals surface area contributed by atoms with E-state index in [1.165, 1.54) is 11.3 Å². The van der Waals surface area contributed by atoms with Crippen LogP contribution in [0.3, 0.4) is 0 Å². The van der Waals surface area contributed by atoms with Crippen LogP contribution in [0.2, 0.25) is 4.34 Å². The van der Waals surface area contributed by atoms with Crippen molar-refractivity contribution in [2.24, 2.45) is 5.73 Å². The molecule has 1 atom stereocenters. The van der Waals surface area contributed by atoms with Gasteiger partial charge in [0.05, 0.1) is 16.4 Å². The van der Waals surface area contributed by atoms with Crippen LogP contribution in [-0.2, 0) is 9.53 Å². The molecule has 1 saturated heterocycles. The van der Waals surface area contributed by atoms with Gasteiger partial charge in [0, 0.05) is 24.6 Å². The zero-order valence-corrected chi connectivity index (χ0v) is 15.2. The minimum Gasteiger partial charge on any atom is -0.378 e. The number of amides is 1. The van der Waals surface area contributed by atoms with Crippen LogP contribution in [0.25, 0.3) is 0 Å². The average Bonchev–Trinajstić information content (AvgIpc) is 2.93. The quantitative estimate of drug-likeness (QED) is 0.785. The number of rotatable bonds is 6. The Bertz CT molecular complexity index is 462. The smallest absolute Gasteiger partial charge is 0.230 e. The molecule has 4 nitrogen and oxygen atoms in total. The van der Waals surface area contributed by atoms with Crippen LogP contribution in [0.1, 0.15) is 37.0 Å². The summed E-state index contributed by atoms with van der Waals surface area (Å²) in [5.41, 5.74) is 5.45. The molecule has 126 valence electrons. The summed E-state index contributed by atoms with van der Waals surface area (Å²) in [5.74, 6) is 0.0751. The third kappa shape index (κ3) is 5.39. The van der Waals surface area contributed by atoms with Crippen LogP contribution >= 0.6 is 35.3 Å². The van der Waals surface area contributed by atoms with Crippen molar-refractivity contribution in [2.45, 2.75) is 38.2 Å². The first-order chi connectivity index (χ1) is 10.1. The van der Waals surface area contributed by atoms with Crippen LogP contribution in [0.15, 0.2) is 12.1 Å². The summed E-state index contributed by atoms with van der Waals surface area (Å²) in [4.78, 5) is 15.5. The summed E-state index contributed by atoms with van der Waals surface area (Å²) in [7, 11) is 0. The number of hydrogen-bond donors (Lipinski definition) is 1. The molecule has 1 aliphatic rings. The number of hydrogen-bond acceptors (Lipinski definition) is 4. The van der Waals surface area contributed by atoms with Crippen molar-refractivity contribution in [3.05, 3.63) is 21.3 Å². The second kappa shape index (κ2) is 9.73. The fourth-order valence-corrected chi connectivity index (χ4v) is 3.64. The van der Waals surface area contributed by atoms with Crippen molar-refractivity contribution in [3.8, 4) is 0 Å². The van der Waals surface area contributed by atoms with Gasteiger partial charge in [0.25, 0.3) is 0 Å². The van der Waals surface area contributed by atoms with Gasteiger partial charge in [0.2, 0.25) is 5.91 Å². The summed E-state index contributed by atoms with van der Waals surface area (Å²) in [5, 5.41) is 0. The largest absolute Gasteiger partial charge is 0.378 e. The molecule has 2 N–H and O–H groups in total. The van der Waals surface area contributed by atoms with Gasteiger partial charge in [0.15, 0.2) is 0 Å². The highest BCUT2D eigenvalue weighted by atomic mass is 35.5. The molecule has 1 aliphatic heterocycles. The molecule has 1 fully saturated rings. The van der Waals surface area contributed by atoms with Crippen molar-refractivity contribution < 1.29 is 9.53 Å². The lowest BCUT2D eigenvalue weighted by Gasteiger charge is -2.33. The number of halogens is 2. The molecule has 0 saturated carbocycles. The second-order valence-electron chi connectivity index (χ2n) is 5.40. The molecule has 1 aromatic heterocycles. The molecule has 2 heterocycles. The van der Waals surface area contributed by atoms with E-state index in [0.717, 1.165) is 48.2 Å². The minimum atomic E-state index is -0.114. The Morgan fingerprint density at radius 2 is 2.18 bits per heavy atom. The SMILES string of the molecule is CC(C(=O)N1CCC(OCCCN)CC1)c1ccc(Cl)s1.Cl. The van der Waals surface area contributed by atoms with Crippen molar-refractivity contribution >= 4 is 41.3 Å². The van der Waals surface area contributed by atoms with Gasteiger partial charge >= 0.3 is 0 Å². The second-order valence-corrected chi connectivity index (χ2v) is 7.15. The first-order valence-corrected chi connectivity index (χ1v) is 8.67. The molecule has 0 aliphatic carbocycles. The molecule has 0 bridgehead atoms. The molecular formula is C15H24Cl2N2O2S. The Morgan fingerprint density at radius 3 is 2.73 bits per heavy atom. The van der Waals surface area contributed by atoms with Crippen molar-refractivity contribution in [1.82, 2.24) is 4.90 Å². The lowest BCUT2D eigenvalue weighted by atomic mass is 10.0. The molecule has 22 heavy (non-hydrogen) atoms. The molecule has 1 amide bonds. The van der Waals surface area contributed by atoms with Crippen molar-refractivity contribution in [1.29, 1.82) is 0 Å². The molecular weight excluding hydrogens is 343 g/mol. The predicted molar refractivity (Wildman–Crippen MR) is 94.2 cm³/mol. The maximum Gasteiger partial charge on any atom is 0.230 e. The van der Waals surface area contributed by atoms with E-state index in [4.69, 9.17) is 22.1 Å². The van der Waals surface area contributed by atoms with Gasteiger partial charge in [-0.2, -0.15) is 0 Å². The van der Waals surface area contributed by atoms with E-state index in [-0.39, 0.29) is 30.3 Å². The van der Waals surface area contributed by atoms with Gasteiger partial charge in [-0.25, -0.2) is 0 Å². The van der Waals surface area contributed by atoms with Gasteiger partial charge in [-0.1, -0.05) is 11.6 Å². The van der Waals surface area contributed by atoms with E-state index in [2.05, 4.69) is 0 Å². The van der Waals surface area contributed by atoms with Gasteiger partial charge in [-0.15, -0.1) is 23.7 Å². The molecule has 2 rings (SSSR count). The van der Waals surface area contributed by atoms with Gasteiger partial charge in [-0.3, -0.25) is 4.79 Å². The lowest BCUT2D eigenvalue weighted by molar-refractivity contribution is -0.135. The Balaban J connectivity index is 0.00000242. The number of thiophene rings is 1. The van der Waals surface area contributed by atoms with E-state index in [0.29, 0.717) is 6.54 Å². The Morgan fingerprint density at radius 1 is 1.50 bits per heavy atom. The zero-order valence-electron chi connectivity index (χ0n) is 12.8. The maximum atomic E-state index is 12.5. The summed E-state index contributed by atoms with van der Waals surface area (Å²) in [6.45, 7) is 4.89. The minimum absolute atomic E-state index is 0. The molecule has 1 aromatic rings. The number of carbonyl (C=O) groups excluding carboxylic acids is 1. The molecule has 0 radical (unpaired) electrons. The van der Waals surface area contributed by atoms with Crippen molar-refractivity contribution in [3.63, 3.8) is 0 Å². The van der Waals surface area contributed by atoms with E-state index in [1.807, 2.05) is 24.0 Å². The third-order valence-electron chi connectivity index (χ3n) is 3.85. The Hall–Kier alpha value is -0.330. The molecule has 0 spiro atoms. The summed E-state index contributed by atoms with van der Waals surface area (Å²) >= 11 is 7.43. The lowest BCUT2D eigenvalue weighted by Crippen LogP contribution is -2.42. The molecule has 0 aromatic carbocycles. The van der Waals surface area contributed by atoms with Crippen LogP contribution < -0.4 is 5.73 Å². The number of nitrogens with two attached hydrogens (primary N) is 1. The summed E-state index contributed by atoms with van der Waals surface area (Å²) in [6.07, 6.45) is 2.99. The van der Waals surface area contributed by atoms with E-state index < -0.39 is 0 Å². The fourth-order valence-electron chi connectivity index (χ4n) is 2.53. The number of likely N-dealkylation sites (tertiary alicyclic amines) is 1. The monoisotopic (exact) mass is 366 g/mol.